The molecule has 0 bridgehead atoms. The number of nitriles is 1. The zero-order valence-electron chi connectivity index (χ0n) is 10.9. The monoisotopic (exact) mass is 254 g/mol. The van der Waals surface area contributed by atoms with Crippen molar-refractivity contribution >= 4 is 5.97 Å². The maximum absolute atomic E-state index is 11.5. The molecule has 19 heavy (non-hydrogen) atoms. The van der Waals surface area contributed by atoms with Gasteiger partial charge in [0.1, 0.15) is 11.8 Å². The van der Waals surface area contributed by atoms with Crippen molar-refractivity contribution in [1.82, 2.24) is 4.57 Å². The molecule has 0 aliphatic rings. The minimum Gasteiger partial charge on any atom is -0.462 e. The zero-order chi connectivity index (χ0) is 13.8. The third kappa shape index (κ3) is 2.66. The first-order chi connectivity index (χ1) is 9.15. The van der Waals surface area contributed by atoms with E-state index in [4.69, 9.17) is 10.00 Å². The lowest BCUT2D eigenvalue weighted by Gasteiger charge is -2.06. The second kappa shape index (κ2) is 5.40. The minimum absolute atomic E-state index is 0.335. The van der Waals surface area contributed by atoms with Crippen LogP contribution in [0.3, 0.4) is 0 Å². The van der Waals surface area contributed by atoms with Crippen molar-refractivity contribution in [3.05, 3.63) is 53.3 Å². The molecular weight excluding hydrogens is 240 g/mol. The van der Waals surface area contributed by atoms with Crippen LogP contribution in [0.15, 0.2) is 36.5 Å². The van der Waals surface area contributed by atoms with E-state index < -0.39 is 0 Å². The molecule has 96 valence electrons. The molecule has 0 spiro atoms. The predicted molar refractivity (Wildman–Crippen MR) is 71.2 cm³/mol. The largest absolute Gasteiger partial charge is 0.462 e. The number of aromatic nitrogens is 1. The average molecular weight is 254 g/mol. The number of hydrogen-bond acceptors (Lipinski definition) is 3. The normalized spacial score (nSPS) is 9.95. The van der Waals surface area contributed by atoms with Crippen LogP contribution in [-0.2, 0) is 4.74 Å². The van der Waals surface area contributed by atoms with Crippen LogP contribution in [0.2, 0.25) is 0 Å². The molecule has 2 aromatic rings. The van der Waals surface area contributed by atoms with E-state index in [1.807, 2.05) is 19.2 Å². The average Bonchev–Trinajstić information content (AvgIpc) is 2.80. The van der Waals surface area contributed by atoms with E-state index in [0.717, 1.165) is 11.3 Å². The quantitative estimate of drug-likeness (QED) is 0.791. The number of rotatable bonds is 3. The van der Waals surface area contributed by atoms with Gasteiger partial charge in [0.05, 0.1) is 12.2 Å². The Hall–Kier alpha value is -2.54. The highest BCUT2D eigenvalue weighted by atomic mass is 16.5. The van der Waals surface area contributed by atoms with E-state index in [1.54, 1.807) is 35.8 Å². The van der Waals surface area contributed by atoms with Gasteiger partial charge in [0.2, 0.25) is 0 Å². The number of esters is 1. The van der Waals surface area contributed by atoms with Crippen LogP contribution in [0.5, 0.6) is 0 Å². The van der Waals surface area contributed by atoms with Gasteiger partial charge < -0.3 is 9.30 Å². The number of carbonyl (C=O) groups excluding carboxylic acids is 1. The fourth-order valence-electron chi connectivity index (χ4n) is 1.87. The second-order valence-electron chi connectivity index (χ2n) is 4.15. The summed E-state index contributed by atoms with van der Waals surface area (Å²) in [6.07, 6.45) is 1.89. The van der Waals surface area contributed by atoms with Crippen molar-refractivity contribution in [1.29, 1.82) is 5.26 Å². The van der Waals surface area contributed by atoms with Crippen molar-refractivity contribution < 1.29 is 9.53 Å². The van der Waals surface area contributed by atoms with Crippen LogP contribution < -0.4 is 0 Å². The van der Waals surface area contributed by atoms with Crippen LogP contribution in [-0.4, -0.2) is 17.1 Å². The van der Waals surface area contributed by atoms with Gasteiger partial charge in [-0.1, -0.05) is 0 Å². The van der Waals surface area contributed by atoms with E-state index in [1.165, 1.54) is 0 Å². The maximum atomic E-state index is 11.5. The third-order valence-corrected chi connectivity index (χ3v) is 2.73. The molecule has 0 aliphatic heterocycles. The van der Waals surface area contributed by atoms with Gasteiger partial charge in [-0.3, -0.25) is 0 Å². The predicted octanol–water partition coefficient (Wildman–Crippen LogP) is 2.83. The van der Waals surface area contributed by atoms with Gasteiger partial charge in [-0.05, 0) is 49.7 Å². The van der Waals surface area contributed by atoms with Crippen LogP contribution in [0.1, 0.15) is 28.5 Å². The van der Waals surface area contributed by atoms with E-state index >= 15 is 0 Å². The summed E-state index contributed by atoms with van der Waals surface area (Å²) in [5.41, 5.74) is 2.94. The first-order valence-corrected chi connectivity index (χ1v) is 6.02. The van der Waals surface area contributed by atoms with Gasteiger partial charge in [-0.2, -0.15) is 5.26 Å². The van der Waals surface area contributed by atoms with Crippen molar-refractivity contribution in [2.75, 3.05) is 6.61 Å². The molecule has 0 aliphatic carbocycles. The number of aryl methyl sites for hydroxylation is 1. The summed E-state index contributed by atoms with van der Waals surface area (Å²) in [4.78, 5) is 11.5. The Labute approximate surface area is 111 Å². The lowest BCUT2D eigenvalue weighted by molar-refractivity contribution is 0.0526. The van der Waals surface area contributed by atoms with Crippen LogP contribution in [0, 0.1) is 18.3 Å². The van der Waals surface area contributed by atoms with Crippen LogP contribution >= 0.6 is 0 Å². The summed E-state index contributed by atoms with van der Waals surface area (Å²) in [5, 5.41) is 9.06. The Morgan fingerprint density at radius 1 is 1.37 bits per heavy atom. The molecule has 0 radical (unpaired) electrons. The minimum atomic E-state index is -0.335. The summed E-state index contributed by atoms with van der Waals surface area (Å²) in [6.45, 7) is 4.06. The Morgan fingerprint density at radius 3 is 2.63 bits per heavy atom. The number of hydrogen-bond donors (Lipinski definition) is 0. The lowest BCUT2D eigenvalue weighted by atomic mass is 10.2. The van der Waals surface area contributed by atoms with Gasteiger partial charge in [0, 0.05) is 11.9 Å². The number of benzene rings is 1. The Bertz CT molecular complexity index is 633. The van der Waals surface area contributed by atoms with Gasteiger partial charge in [0.15, 0.2) is 0 Å². The molecule has 0 saturated heterocycles. The van der Waals surface area contributed by atoms with E-state index in [0.29, 0.717) is 17.9 Å². The van der Waals surface area contributed by atoms with E-state index in [-0.39, 0.29) is 5.97 Å². The number of nitrogens with zero attached hydrogens (tertiary/aromatic N) is 2. The smallest absolute Gasteiger partial charge is 0.338 e. The zero-order valence-corrected chi connectivity index (χ0v) is 10.9. The second-order valence-corrected chi connectivity index (χ2v) is 4.15. The topological polar surface area (TPSA) is 55.0 Å². The van der Waals surface area contributed by atoms with Crippen molar-refractivity contribution in [3.63, 3.8) is 0 Å². The summed E-state index contributed by atoms with van der Waals surface area (Å²) < 4.78 is 6.72. The molecule has 4 heteroatoms. The highest BCUT2D eigenvalue weighted by molar-refractivity contribution is 5.89. The summed E-state index contributed by atoms with van der Waals surface area (Å²) in [7, 11) is 0. The highest BCUT2D eigenvalue weighted by Crippen LogP contribution is 2.16. The molecule has 2 rings (SSSR count). The molecule has 1 heterocycles. The first kappa shape index (κ1) is 12.9. The number of ether oxygens (including phenoxy) is 1. The van der Waals surface area contributed by atoms with Crippen LogP contribution in [0.25, 0.3) is 5.69 Å². The Balaban J connectivity index is 2.33. The third-order valence-electron chi connectivity index (χ3n) is 2.73. The molecule has 0 unspecified atom stereocenters. The summed E-state index contributed by atoms with van der Waals surface area (Å²) in [5.74, 6) is -0.335. The molecule has 0 fully saturated rings. The summed E-state index contributed by atoms with van der Waals surface area (Å²) in [6, 6.07) is 11.0. The first-order valence-electron chi connectivity index (χ1n) is 6.02. The van der Waals surface area contributed by atoms with E-state index in [9.17, 15) is 4.79 Å². The van der Waals surface area contributed by atoms with Gasteiger partial charge in [-0.25, -0.2) is 4.79 Å². The molecule has 0 N–H and O–H groups in total. The molecule has 0 amide bonds. The lowest BCUT2D eigenvalue weighted by Crippen LogP contribution is -2.04. The Morgan fingerprint density at radius 2 is 2.05 bits per heavy atom. The number of carbonyl (C=O) groups is 1. The molecule has 1 aromatic carbocycles. The Kier molecular flexibility index (Phi) is 3.67. The molecule has 1 aromatic heterocycles. The molecule has 0 saturated carbocycles. The highest BCUT2D eigenvalue weighted by Gasteiger charge is 2.08. The van der Waals surface area contributed by atoms with Gasteiger partial charge in [-0.15, -0.1) is 0 Å². The fourth-order valence-corrected chi connectivity index (χ4v) is 1.87. The maximum Gasteiger partial charge on any atom is 0.338 e. The standard InChI is InChI=1S/C15H14N2O2/c1-3-19-15(18)12-4-6-13(7-5-12)17-10-11(2)8-14(17)9-16/h4-8,10H,3H2,1-2H3. The van der Waals surface area contributed by atoms with Gasteiger partial charge >= 0.3 is 5.97 Å². The molecular formula is C15H14N2O2. The van der Waals surface area contributed by atoms with Crippen molar-refractivity contribution in [2.24, 2.45) is 0 Å². The summed E-state index contributed by atoms with van der Waals surface area (Å²) >= 11 is 0. The fraction of sp³-hybridized carbons (Fsp3) is 0.200. The van der Waals surface area contributed by atoms with Crippen molar-refractivity contribution in [3.8, 4) is 11.8 Å². The van der Waals surface area contributed by atoms with Crippen LogP contribution in [0.4, 0.5) is 0 Å². The van der Waals surface area contributed by atoms with Gasteiger partial charge in [0.25, 0.3) is 0 Å². The molecule has 0 atom stereocenters. The molecule has 4 nitrogen and oxygen atoms in total. The van der Waals surface area contributed by atoms with E-state index in [2.05, 4.69) is 6.07 Å². The SMILES string of the molecule is CCOC(=O)c1ccc(-n2cc(C)cc2C#N)cc1. The van der Waals surface area contributed by atoms with Crippen molar-refractivity contribution in [2.45, 2.75) is 13.8 Å².